The van der Waals surface area contributed by atoms with Gasteiger partial charge in [0.1, 0.15) is 11.5 Å². The van der Waals surface area contributed by atoms with Crippen LogP contribution in [0.5, 0.6) is 0 Å². The molecule has 0 aromatic carbocycles. The van der Waals surface area contributed by atoms with Gasteiger partial charge in [-0.25, -0.2) is 5.43 Å². The molecule has 0 fully saturated rings. The molecule has 0 saturated heterocycles. The van der Waals surface area contributed by atoms with Gasteiger partial charge < -0.3 is 8.83 Å². The van der Waals surface area contributed by atoms with E-state index in [2.05, 4.69) is 26.5 Å². The predicted octanol–water partition coefficient (Wildman–Crippen LogP) is 3.41. The van der Waals surface area contributed by atoms with Crippen molar-refractivity contribution in [3.63, 3.8) is 0 Å². The van der Waals surface area contributed by atoms with Crippen molar-refractivity contribution in [2.24, 2.45) is 5.10 Å². The molecule has 0 spiro atoms. The van der Waals surface area contributed by atoms with E-state index in [9.17, 15) is 4.79 Å². The van der Waals surface area contributed by atoms with Gasteiger partial charge in [-0.1, -0.05) is 0 Å². The quantitative estimate of drug-likeness (QED) is 0.695. The van der Waals surface area contributed by atoms with E-state index >= 15 is 0 Å². The monoisotopic (exact) mass is 324 g/mol. The summed E-state index contributed by atoms with van der Waals surface area (Å²) in [6, 6.07) is 5.09. The molecule has 5 nitrogen and oxygen atoms in total. The van der Waals surface area contributed by atoms with Crippen LogP contribution < -0.4 is 5.43 Å². The molecule has 1 N–H and O–H groups in total. The number of aryl methyl sites for hydroxylation is 2. The van der Waals surface area contributed by atoms with Gasteiger partial charge in [0, 0.05) is 5.56 Å². The van der Waals surface area contributed by atoms with Crippen molar-refractivity contribution in [1.82, 2.24) is 5.43 Å². The van der Waals surface area contributed by atoms with E-state index in [1.54, 1.807) is 19.1 Å². The van der Waals surface area contributed by atoms with Gasteiger partial charge in [0.25, 0.3) is 0 Å². The maximum absolute atomic E-state index is 11.7. The number of carbonyl (C=O) groups excluding carboxylic acids is 1. The van der Waals surface area contributed by atoms with Crippen LogP contribution in [0.1, 0.15) is 34.6 Å². The van der Waals surface area contributed by atoms with Crippen molar-refractivity contribution in [2.45, 2.75) is 20.8 Å². The molecule has 0 unspecified atom stereocenters. The number of hydrogen-bond donors (Lipinski definition) is 1. The number of furan rings is 2. The van der Waals surface area contributed by atoms with Crippen molar-refractivity contribution < 1.29 is 13.6 Å². The van der Waals surface area contributed by atoms with Gasteiger partial charge in [-0.2, -0.15) is 5.10 Å². The molecule has 100 valence electrons. The van der Waals surface area contributed by atoms with E-state index in [0.717, 1.165) is 17.1 Å². The fraction of sp³-hybridized carbons (Fsp3) is 0.231. The minimum atomic E-state index is -0.400. The zero-order chi connectivity index (χ0) is 14.0. The Labute approximate surface area is 118 Å². The Morgan fingerprint density at radius 1 is 1.32 bits per heavy atom. The van der Waals surface area contributed by atoms with E-state index in [4.69, 9.17) is 8.83 Å². The van der Waals surface area contributed by atoms with Crippen molar-refractivity contribution in [1.29, 1.82) is 0 Å². The summed E-state index contributed by atoms with van der Waals surface area (Å²) < 4.78 is 11.0. The molecule has 0 aliphatic carbocycles. The van der Waals surface area contributed by atoms with Crippen molar-refractivity contribution in [2.75, 3.05) is 0 Å². The first kappa shape index (κ1) is 13.6. The Balaban J connectivity index is 2.10. The molecule has 2 heterocycles. The second-order valence-corrected chi connectivity index (χ2v) is 4.85. The highest BCUT2D eigenvalue weighted by atomic mass is 79.9. The second-order valence-electron chi connectivity index (χ2n) is 4.07. The molecule has 1 amide bonds. The molecular formula is C13H13BrN2O3. The van der Waals surface area contributed by atoms with Gasteiger partial charge in [-0.05, 0) is 54.9 Å². The minimum Gasteiger partial charge on any atom is -0.466 e. The fourth-order valence-corrected chi connectivity index (χ4v) is 1.98. The predicted molar refractivity (Wildman–Crippen MR) is 74.3 cm³/mol. The van der Waals surface area contributed by atoms with Crippen LogP contribution in [-0.2, 0) is 0 Å². The molecule has 2 rings (SSSR count). The third kappa shape index (κ3) is 3.14. The lowest BCUT2D eigenvalue weighted by Crippen LogP contribution is -2.18. The molecule has 0 aliphatic heterocycles. The zero-order valence-electron chi connectivity index (χ0n) is 10.8. The van der Waals surface area contributed by atoms with Crippen molar-refractivity contribution in [3.8, 4) is 0 Å². The number of rotatable bonds is 3. The molecule has 2 aromatic rings. The molecule has 2 aromatic heterocycles. The van der Waals surface area contributed by atoms with Crippen LogP contribution in [0.4, 0.5) is 0 Å². The average Bonchev–Trinajstić information content (AvgIpc) is 2.92. The molecule has 0 radical (unpaired) electrons. The number of nitrogens with zero attached hydrogens (tertiary/aromatic N) is 1. The standard InChI is InChI=1S/C13H13BrN2O3/c1-7-6-10(9(3)18-7)8(2)15-16-13(17)11-4-5-12(14)19-11/h4-6H,1-3H3,(H,16,17)/b15-8+. The Morgan fingerprint density at radius 3 is 2.58 bits per heavy atom. The first-order chi connectivity index (χ1) is 8.97. The Hall–Kier alpha value is -1.82. The maximum atomic E-state index is 11.7. The summed E-state index contributed by atoms with van der Waals surface area (Å²) in [5.74, 6) is 1.38. The number of carbonyl (C=O) groups is 1. The van der Waals surface area contributed by atoms with E-state index in [1.165, 1.54) is 0 Å². The lowest BCUT2D eigenvalue weighted by molar-refractivity contribution is 0.0926. The van der Waals surface area contributed by atoms with Gasteiger partial charge in [-0.15, -0.1) is 0 Å². The first-order valence-corrected chi connectivity index (χ1v) is 6.44. The van der Waals surface area contributed by atoms with Gasteiger partial charge >= 0.3 is 5.91 Å². The fourth-order valence-electron chi connectivity index (χ4n) is 1.68. The topological polar surface area (TPSA) is 67.7 Å². The lowest BCUT2D eigenvalue weighted by atomic mass is 10.2. The van der Waals surface area contributed by atoms with Gasteiger partial charge in [0.05, 0.1) is 5.71 Å². The molecule has 0 atom stereocenters. The van der Waals surface area contributed by atoms with E-state index in [-0.39, 0.29) is 5.76 Å². The van der Waals surface area contributed by atoms with E-state index < -0.39 is 5.91 Å². The van der Waals surface area contributed by atoms with Gasteiger partial charge in [0.2, 0.25) is 0 Å². The molecule has 0 bridgehead atoms. The summed E-state index contributed by atoms with van der Waals surface area (Å²) in [4.78, 5) is 11.7. The van der Waals surface area contributed by atoms with Crippen LogP contribution in [0.15, 0.2) is 36.8 Å². The van der Waals surface area contributed by atoms with Crippen LogP contribution in [-0.4, -0.2) is 11.6 Å². The van der Waals surface area contributed by atoms with E-state index in [1.807, 2.05) is 19.9 Å². The SMILES string of the molecule is C/C(=N\NC(=O)c1ccc(Br)o1)c1cc(C)oc1C. The third-order valence-corrected chi connectivity index (χ3v) is 2.98. The van der Waals surface area contributed by atoms with Crippen molar-refractivity contribution in [3.05, 3.63) is 45.7 Å². The highest BCUT2D eigenvalue weighted by Crippen LogP contribution is 2.15. The van der Waals surface area contributed by atoms with E-state index in [0.29, 0.717) is 10.4 Å². The molecule has 0 aliphatic rings. The van der Waals surface area contributed by atoms with Crippen LogP contribution in [0, 0.1) is 13.8 Å². The van der Waals surface area contributed by atoms with Gasteiger partial charge in [-0.3, -0.25) is 4.79 Å². The van der Waals surface area contributed by atoms with Crippen LogP contribution in [0.2, 0.25) is 0 Å². The summed E-state index contributed by atoms with van der Waals surface area (Å²) in [7, 11) is 0. The summed E-state index contributed by atoms with van der Waals surface area (Å²) in [5.41, 5.74) is 3.99. The minimum absolute atomic E-state index is 0.198. The normalized spacial score (nSPS) is 11.7. The molecule has 6 heteroatoms. The molecule has 19 heavy (non-hydrogen) atoms. The summed E-state index contributed by atoms with van der Waals surface area (Å²) in [6.07, 6.45) is 0. The summed E-state index contributed by atoms with van der Waals surface area (Å²) in [6.45, 7) is 5.52. The average molecular weight is 325 g/mol. The maximum Gasteiger partial charge on any atom is 0.307 e. The molecule has 0 saturated carbocycles. The second kappa shape index (κ2) is 5.44. The number of hydrogen-bond acceptors (Lipinski definition) is 4. The van der Waals surface area contributed by atoms with Crippen molar-refractivity contribution >= 4 is 27.5 Å². The molecular weight excluding hydrogens is 312 g/mol. The number of amides is 1. The highest BCUT2D eigenvalue weighted by Gasteiger charge is 2.11. The smallest absolute Gasteiger partial charge is 0.307 e. The summed E-state index contributed by atoms with van der Waals surface area (Å²) in [5, 5.41) is 4.04. The van der Waals surface area contributed by atoms with Crippen LogP contribution >= 0.6 is 15.9 Å². The number of nitrogens with one attached hydrogen (secondary N) is 1. The first-order valence-electron chi connectivity index (χ1n) is 5.64. The third-order valence-electron chi connectivity index (χ3n) is 2.55. The zero-order valence-corrected chi connectivity index (χ0v) is 12.4. The number of halogens is 1. The highest BCUT2D eigenvalue weighted by molar-refractivity contribution is 9.10. The Kier molecular flexibility index (Phi) is 3.90. The van der Waals surface area contributed by atoms with Crippen LogP contribution in [0.3, 0.4) is 0 Å². The van der Waals surface area contributed by atoms with Crippen LogP contribution in [0.25, 0.3) is 0 Å². The Bertz CT molecular complexity index is 640. The number of hydrazone groups is 1. The largest absolute Gasteiger partial charge is 0.466 e. The van der Waals surface area contributed by atoms with Gasteiger partial charge in [0.15, 0.2) is 10.4 Å². The Morgan fingerprint density at radius 2 is 2.05 bits per heavy atom. The lowest BCUT2D eigenvalue weighted by Gasteiger charge is -1.99. The summed E-state index contributed by atoms with van der Waals surface area (Å²) >= 11 is 3.13.